The fourth-order valence-corrected chi connectivity index (χ4v) is 0.684. The molecule has 0 aliphatic rings. The maximum Gasteiger partial charge on any atom is 0.135 e. The van der Waals surface area contributed by atoms with Gasteiger partial charge < -0.3 is 0 Å². The molecule has 78 valence electrons. The van der Waals surface area contributed by atoms with Gasteiger partial charge in [0, 0.05) is 25.3 Å². The summed E-state index contributed by atoms with van der Waals surface area (Å²) < 4.78 is 0. The van der Waals surface area contributed by atoms with Crippen molar-refractivity contribution in [2.75, 3.05) is 13.1 Å². The molecule has 4 nitrogen and oxygen atoms in total. The van der Waals surface area contributed by atoms with Crippen molar-refractivity contribution in [3.63, 3.8) is 0 Å². The number of hydrogen-bond donors (Lipinski definition) is 0. The van der Waals surface area contributed by atoms with Gasteiger partial charge in [-0.1, -0.05) is 0 Å². The van der Waals surface area contributed by atoms with Crippen LogP contribution in [0.4, 0.5) is 0 Å². The molecule has 4 heteroatoms. The molecule has 0 fully saturated rings. The van der Waals surface area contributed by atoms with Crippen LogP contribution in [-0.4, -0.2) is 37.1 Å². The van der Waals surface area contributed by atoms with Crippen molar-refractivity contribution in [2.45, 2.75) is 26.7 Å². The van der Waals surface area contributed by atoms with Crippen LogP contribution < -0.4 is 0 Å². The fourth-order valence-electron chi connectivity index (χ4n) is 0.684. The monoisotopic (exact) mass is 196 g/mol. The van der Waals surface area contributed by atoms with Crippen LogP contribution in [0.25, 0.3) is 0 Å². The summed E-state index contributed by atoms with van der Waals surface area (Å²) in [5, 5.41) is 0. The largest absolute Gasteiger partial charge is 0.300 e. The van der Waals surface area contributed by atoms with Crippen molar-refractivity contribution in [1.29, 1.82) is 0 Å². The summed E-state index contributed by atoms with van der Waals surface area (Å²) in [6.45, 7) is 4.19. The number of carbonyl (C=O) groups excluding carboxylic acids is 2. The first-order valence-electron chi connectivity index (χ1n) is 4.58. The van der Waals surface area contributed by atoms with Crippen LogP contribution in [0.2, 0.25) is 0 Å². The number of hydrogen-bond acceptors (Lipinski definition) is 4. The molecule has 0 amide bonds. The SMILES string of the molecule is CC(=O)C/C=N\CC/N=C\CC(C)=O. The Morgan fingerprint density at radius 1 is 0.929 bits per heavy atom. The van der Waals surface area contributed by atoms with Crippen LogP contribution in [-0.2, 0) is 9.59 Å². The highest BCUT2D eigenvalue weighted by molar-refractivity contribution is 5.90. The van der Waals surface area contributed by atoms with E-state index in [2.05, 4.69) is 9.98 Å². The van der Waals surface area contributed by atoms with Gasteiger partial charge in [0.25, 0.3) is 0 Å². The van der Waals surface area contributed by atoms with Crippen molar-refractivity contribution in [2.24, 2.45) is 9.98 Å². The van der Waals surface area contributed by atoms with Gasteiger partial charge in [-0.15, -0.1) is 0 Å². The predicted octanol–water partition coefficient (Wildman–Crippen LogP) is 1.09. The van der Waals surface area contributed by atoms with Gasteiger partial charge in [-0.2, -0.15) is 0 Å². The van der Waals surface area contributed by atoms with Gasteiger partial charge in [0.1, 0.15) is 11.6 Å². The van der Waals surface area contributed by atoms with Crippen molar-refractivity contribution in [3.8, 4) is 0 Å². The summed E-state index contributed by atoms with van der Waals surface area (Å²) in [4.78, 5) is 29.0. The molecule has 0 heterocycles. The molecule has 0 atom stereocenters. The highest BCUT2D eigenvalue weighted by Crippen LogP contribution is 1.80. The Bertz CT molecular complexity index is 219. The molecule has 0 aromatic carbocycles. The van der Waals surface area contributed by atoms with Crippen molar-refractivity contribution >= 4 is 24.0 Å². The van der Waals surface area contributed by atoms with E-state index < -0.39 is 0 Å². The van der Waals surface area contributed by atoms with E-state index in [0.29, 0.717) is 25.9 Å². The Hall–Kier alpha value is -1.32. The molecule has 0 bridgehead atoms. The average Bonchev–Trinajstić information content (AvgIpc) is 2.08. The molecule has 14 heavy (non-hydrogen) atoms. The van der Waals surface area contributed by atoms with Crippen LogP contribution in [0.1, 0.15) is 26.7 Å². The quantitative estimate of drug-likeness (QED) is 0.452. The summed E-state index contributed by atoms with van der Waals surface area (Å²) in [5.41, 5.74) is 0. The van der Waals surface area contributed by atoms with Crippen molar-refractivity contribution in [3.05, 3.63) is 0 Å². The maximum absolute atomic E-state index is 10.5. The lowest BCUT2D eigenvalue weighted by Crippen LogP contribution is -1.94. The van der Waals surface area contributed by atoms with E-state index in [9.17, 15) is 9.59 Å². The van der Waals surface area contributed by atoms with Crippen LogP contribution >= 0.6 is 0 Å². The van der Waals surface area contributed by atoms with E-state index in [1.807, 2.05) is 0 Å². The number of rotatable bonds is 7. The topological polar surface area (TPSA) is 58.9 Å². The first kappa shape index (κ1) is 12.7. The smallest absolute Gasteiger partial charge is 0.135 e. The molecule has 0 aromatic heterocycles. The van der Waals surface area contributed by atoms with Crippen LogP contribution in [0.5, 0.6) is 0 Å². The van der Waals surface area contributed by atoms with E-state index in [0.717, 1.165) is 0 Å². The zero-order chi connectivity index (χ0) is 10.8. The first-order chi connectivity index (χ1) is 6.63. The van der Waals surface area contributed by atoms with Crippen LogP contribution in [0.3, 0.4) is 0 Å². The number of nitrogens with zero attached hydrogens (tertiary/aromatic N) is 2. The number of aliphatic imine (C=N–C) groups is 2. The van der Waals surface area contributed by atoms with Gasteiger partial charge in [0.15, 0.2) is 0 Å². The third-order valence-electron chi connectivity index (χ3n) is 1.37. The Labute approximate surface area is 84.1 Å². The molecule has 0 aliphatic heterocycles. The van der Waals surface area contributed by atoms with Gasteiger partial charge in [-0.05, 0) is 13.8 Å². The normalized spacial score (nSPS) is 11.3. The molecule has 0 saturated heterocycles. The van der Waals surface area contributed by atoms with Crippen LogP contribution in [0.15, 0.2) is 9.98 Å². The predicted molar refractivity (Wildman–Crippen MR) is 57.3 cm³/mol. The number of ketones is 2. The van der Waals surface area contributed by atoms with E-state index >= 15 is 0 Å². The number of Topliss-reactive ketones (excluding diaryl/α,β-unsaturated/α-hetero) is 2. The molecule has 0 aliphatic carbocycles. The molecule has 0 rings (SSSR count). The van der Waals surface area contributed by atoms with E-state index in [1.165, 1.54) is 13.8 Å². The second-order valence-corrected chi connectivity index (χ2v) is 2.99. The lowest BCUT2D eigenvalue weighted by atomic mass is 10.3. The minimum absolute atomic E-state index is 0.105. The van der Waals surface area contributed by atoms with E-state index in [-0.39, 0.29) is 11.6 Å². The summed E-state index contributed by atoms with van der Waals surface area (Å²) >= 11 is 0. The summed E-state index contributed by atoms with van der Waals surface area (Å²) in [6, 6.07) is 0. The Morgan fingerprint density at radius 2 is 1.29 bits per heavy atom. The second-order valence-electron chi connectivity index (χ2n) is 2.99. The Kier molecular flexibility index (Phi) is 7.50. The second kappa shape index (κ2) is 8.29. The molecule has 0 radical (unpaired) electrons. The van der Waals surface area contributed by atoms with E-state index in [4.69, 9.17) is 0 Å². The molecule has 0 aromatic rings. The lowest BCUT2D eigenvalue weighted by molar-refractivity contribution is -0.116. The van der Waals surface area contributed by atoms with Gasteiger partial charge in [-0.25, -0.2) is 0 Å². The lowest BCUT2D eigenvalue weighted by Gasteiger charge is -1.88. The molecule has 0 saturated carbocycles. The molecular weight excluding hydrogens is 180 g/mol. The summed E-state index contributed by atoms with van der Waals surface area (Å²) in [7, 11) is 0. The highest BCUT2D eigenvalue weighted by atomic mass is 16.1. The minimum Gasteiger partial charge on any atom is -0.300 e. The minimum atomic E-state index is 0.105. The van der Waals surface area contributed by atoms with Crippen molar-refractivity contribution < 1.29 is 9.59 Å². The first-order valence-corrected chi connectivity index (χ1v) is 4.58. The van der Waals surface area contributed by atoms with Gasteiger partial charge in [0.2, 0.25) is 0 Å². The zero-order valence-electron chi connectivity index (χ0n) is 8.69. The summed E-state index contributed by atoms with van der Waals surface area (Å²) in [6.07, 6.45) is 3.97. The third kappa shape index (κ3) is 10.7. The zero-order valence-corrected chi connectivity index (χ0v) is 8.69. The molecular formula is C10H16N2O2. The van der Waals surface area contributed by atoms with Gasteiger partial charge in [0.05, 0.1) is 13.1 Å². The maximum atomic E-state index is 10.5. The Balaban J connectivity index is 3.37. The molecule has 0 spiro atoms. The molecule has 0 N–H and O–H groups in total. The number of carbonyl (C=O) groups is 2. The standard InChI is InChI=1S/C10H16N2O2/c1-9(13)3-5-11-7-8-12-6-4-10(2)14/h5-6H,3-4,7-8H2,1-2H3/b11-5-,12-6-. The Morgan fingerprint density at radius 3 is 1.57 bits per heavy atom. The van der Waals surface area contributed by atoms with Gasteiger partial charge >= 0.3 is 0 Å². The fraction of sp³-hybridized carbons (Fsp3) is 0.600. The third-order valence-corrected chi connectivity index (χ3v) is 1.37. The van der Waals surface area contributed by atoms with Gasteiger partial charge in [-0.3, -0.25) is 19.6 Å². The molecule has 0 unspecified atom stereocenters. The average molecular weight is 196 g/mol. The highest BCUT2D eigenvalue weighted by Gasteiger charge is 1.87. The van der Waals surface area contributed by atoms with Crippen LogP contribution in [0, 0.1) is 0 Å². The van der Waals surface area contributed by atoms with Crippen molar-refractivity contribution in [1.82, 2.24) is 0 Å². The van der Waals surface area contributed by atoms with E-state index in [1.54, 1.807) is 12.4 Å². The summed E-state index contributed by atoms with van der Waals surface area (Å²) in [5.74, 6) is 0.211.